The first-order valence-corrected chi connectivity index (χ1v) is 8.53. The zero-order chi connectivity index (χ0) is 18.0. The lowest BCUT2D eigenvalue weighted by Crippen LogP contribution is -2.50. The molecule has 1 aromatic rings. The van der Waals surface area contributed by atoms with Crippen LogP contribution in [-0.4, -0.2) is 67.9 Å². The smallest absolute Gasteiger partial charge is 0.228 e. The van der Waals surface area contributed by atoms with Gasteiger partial charge in [-0.25, -0.2) is 0 Å². The van der Waals surface area contributed by atoms with Crippen molar-refractivity contribution >= 4 is 35.5 Å². The van der Waals surface area contributed by atoms with E-state index in [4.69, 9.17) is 16.3 Å². The number of methoxy groups -OCH3 is 1. The highest BCUT2D eigenvalue weighted by Crippen LogP contribution is 2.32. The molecule has 0 spiro atoms. The fourth-order valence-electron chi connectivity index (χ4n) is 3.25. The zero-order valence-corrected chi connectivity index (χ0v) is 14.7. The summed E-state index contributed by atoms with van der Waals surface area (Å²) >= 11 is 6.13. The molecule has 1 atom stereocenters. The average Bonchev–Trinajstić information content (AvgIpc) is 3.03. The lowest BCUT2D eigenvalue weighted by Gasteiger charge is -2.33. The largest absolute Gasteiger partial charge is 0.495 e. The van der Waals surface area contributed by atoms with Gasteiger partial charge in [-0.2, -0.15) is 0 Å². The number of carbonyl (C=O) groups is 3. The Labute approximate surface area is 151 Å². The summed E-state index contributed by atoms with van der Waals surface area (Å²) in [5.74, 6) is 0.0565. The maximum Gasteiger partial charge on any atom is 0.228 e. The first kappa shape index (κ1) is 17.5. The Balaban J connectivity index is 1.67. The van der Waals surface area contributed by atoms with Gasteiger partial charge in [0.1, 0.15) is 5.75 Å². The van der Waals surface area contributed by atoms with E-state index in [0.29, 0.717) is 49.2 Å². The van der Waals surface area contributed by atoms with Gasteiger partial charge in [-0.15, -0.1) is 0 Å². The Hall–Kier alpha value is -2.28. The molecule has 0 aliphatic carbocycles. The number of halogens is 1. The predicted molar refractivity (Wildman–Crippen MR) is 92.7 cm³/mol. The number of ether oxygens (including phenoxy) is 1. The number of nitrogens with zero attached hydrogens (tertiary/aromatic N) is 3. The predicted octanol–water partition coefficient (Wildman–Crippen LogP) is 1.00. The molecule has 7 nitrogen and oxygen atoms in total. The highest BCUT2D eigenvalue weighted by Gasteiger charge is 2.38. The Bertz CT molecular complexity index is 688. The van der Waals surface area contributed by atoms with Gasteiger partial charge in [-0.1, -0.05) is 11.6 Å². The van der Waals surface area contributed by atoms with Crippen molar-refractivity contribution in [2.45, 2.75) is 6.42 Å². The highest BCUT2D eigenvalue weighted by atomic mass is 35.5. The molecular weight excluding hydrogens is 346 g/mol. The molecule has 0 bridgehead atoms. The van der Waals surface area contributed by atoms with Crippen LogP contribution in [-0.2, 0) is 14.4 Å². The van der Waals surface area contributed by atoms with Gasteiger partial charge in [0.05, 0.1) is 18.1 Å². The van der Waals surface area contributed by atoms with E-state index in [2.05, 4.69) is 0 Å². The van der Waals surface area contributed by atoms with Crippen LogP contribution in [0.2, 0.25) is 5.02 Å². The third-order valence-electron chi connectivity index (χ3n) is 4.70. The summed E-state index contributed by atoms with van der Waals surface area (Å²) in [4.78, 5) is 40.8. The van der Waals surface area contributed by atoms with Crippen LogP contribution in [0.25, 0.3) is 0 Å². The van der Waals surface area contributed by atoms with E-state index >= 15 is 0 Å². The normalized spacial score (nSPS) is 20.8. The van der Waals surface area contributed by atoms with Gasteiger partial charge in [-0.3, -0.25) is 14.4 Å². The van der Waals surface area contributed by atoms with Crippen molar-refractivity contribution in [1.82, 2.24) is 9.80 Å². The van der Waals surface area contributed by atoms with Crippen LogP contribution in [0.3, 0.4) is 0 Å². The monoisotopic (exact) mass is 365 g/mol. The molecule has 1 aromatic carbocycles. The van der Waals surface area contributed by atoms with Gasteiger partial charge in [0, 0.05) is 44.8 Å². The molecule has 0 radical (unpaired) electrons. The Morgan fingerprint density at radius 3 is 2.60 bits per heavy atom. The van der Waals surface area contributed by atoms with Gasteiger partial charge in [0.25, 0.3) is 0 Å². The van der Waals surface area contributed by atoms with E-state index in [9.17, 15) is 14.4 Å². The number of anilines is 1. The van der Waals surface area contributed by atoms with Crippen LogP contribution in [0.4, 0.5) is 5.69 Å². The average molecular weight is 366 g/mol. The van der Waals surface area contributed by atoms with Crippen LogP contribution >= 0.6 is 11.6 Å². The molecule has 0 aromatic heterocycles. The molecule has 2 saturated heterocycles. The maximum absolute atomic E-state index is 12.7. The first-order valence-electron chi connectivity index (χ1n) is 8.15. The van der Waals surface area contributed by atoms with Gasteiger partial charge in [0.2, 0.25) is 18.2 Å². The molecule has 2 fully saturated rings. The van der Waals surface area contributed by atoms with Crippen LogP contribution in [0.1, 0.15) is 6.42 Å². The number of hydrogen-bond donors (Lipinski definition) is 0. The van der Waals surface area contributed by atoms with Crippen molar-refractivity contribution in [2.75, 3.05) is 44.7 Å². The number of benzene rings is 1. The summed E-state index contributed by atoms with van der Waals surface area (Å²) in [5.41, 5.74) is 0.664. The number of carbonyl (C=O) groups excluding carboxylic acids is 3. The number of rotatable bonds is 4. The third-order valence-corrected chi connectivity index (χ3v) is 4.99. The molecule has 2 aliphatic rings. The zero-order valence-electron chi connectivity index (χ0n) is 14.0. The lowest BCUT2D eigenvalue weighted by atomic mass is 10.1. The van der Waals surface area contributed by atoms with Crippen LogP contribution in [0.15, 0.2) is 18.2 Å². The van der Waals surface area contributed by atoms with E-state index in [1.165, 1.54) is 7.11 Å². The van der Waals surface area contributed by atoms with E-state index in [1.807, 2.05) is 0 Å². The Morgan fingerprint density at radius 1 is 1.28 bits per heavy atom. The first-order chi connectivity index (χ1) is 12.0. The fraction of sp³-hybridized carbons (Fsp3) is 0.471. The molecule has 3 amide bonds. The molecule has 8 heteroatoms. The molecular formula is C17H20ClN3O4. The van der Waals surface area contributed by atoms with E-state index in [-0.39, 0.29) is 24.2 Å². The summed E-state index contributed by atoms with van der Waals surface area (Å²) in [6.45, 7) is 2.43. The van der Waals surface area contributed by atoms with Crippen molar-refractivity contribution in [3.05, 3.63) is 23.2 Å². The third kappa shape index (κ3) is 3.56. The summed E-state index contributed by atoms with van der Waals surface area (Å²) in [5, 5.41) is 0.424. The van der Waals surface area contributed by atoms with Gasteiger partial charge < -0.3 is 19.4 Å². The minimum atomic E-state index is -0.365. The van der Waals surface area contributed by atoms with Gasteiger partial charge in [-0.05, 0) is 18.2 Å². The van der Waals surface area contributed by atoms with Crippen LogP contribution in [0.5, 0.6) is 5.75 Å². The topological polar surface area (TPSA) is 70.2 Å². The molecule has 25 heavy (non-hydrogen) atoms. The van der Waals surface area contributed by atoms with Crippen molar-refractivity contribution < 1.29 is 19.1 Å². The van der Waals surface area contributed by atoms with E-state index in [1.54, 1.807) is 32.9 Å². The van der Waals surface area contributed by atoms with Crippen molar-refractivity contribution in [1.29, 1.82) is 0 Å². The van der Waals surface area contributed by atoms with Crippen molar-refractivity contribution in [2.24, 2.45) is 5.92 Å². The summed E-state index contributed by atoms with van der Waals surface area (Å²) < 4.78 is 5.12. The number of amides is 3. The number of piperazine rings is 1. The summed E-state index contributed by atoms with van der Waals surface area (Å²) in [7, 11) is 1.53. The second kappa shape index (κ2) is 7.31. The summed E-state index contributed by atoms with van der Waals surface area (Å²) in [6.07, 6.45) is 0.993. The maximum atomic E-state index is 12.7. The molecule has 2 heterocycles. The minimum absolute atomic E-state index is 0.0268. The SMILES string of the molecule is COc1ccc(N2CC(C(=O)N3CCN(C=O)CC3)CC2=O)cc1Cl. The second-order valence-electron chi connectivity index (χ2n) is 6.19. The van der Waals surface area contributed by atoms with Crippen LogP contribution in [0, 0.1) is 5.92 Å². The standard InChI is InChI=1S/C17H20ClN3O4/c1-25-15-3-2-13(9-14(15)18)21-10-12(8-16(21)23)17(24)20-6-4-19(11-22)5-7-20/h2-3,9,11-12H,4-8,10H2,1H3. The van der Waals surface area contributed by atoms with E-state index in [0.717, 1.165) is 6.41 Å². The van der Waals surface area contributed by atoms with Crippen molar-refractivity contribution in [3.8, 4) is 5.75 Å². The molecule has 0 N–H and O–H groups in total. The Morgan fingerprint density at radius 2 is 2.00 bits per heavy atom. The quantitative estimate of drug-likeness (QED) is 0.746. The van der Waals surface area contributed by atoms with Gasteiger partial charge in [0.15, 0.2) is 0 Å². The second-order valence-corrected chi connectivity index (χ2v) is 6.60. The molecule has 3 rings (SSSR count). The number of hydrogen-bond acceptors (Lipinski definition) is 4. The lowest BCUT2D eigenvalue weighted by molar-refractivity contribution is -0.139. The van der Waals surface area contributed by atoms with E-state index < -0.39 is 0 Å². The molecule has 134 valence electrons. The van der Waals surface area contributed by atoms with Crippen LogP contribution < -0.4 is 9.64 Å². The van der Waals surface area contributed by atoms with Crippen molar-refractivity contribution in [3.63, 3.8) is 0 Å². The minimum Gasteiger partial charge on any atom is -0.495 e. The molecule has 0 saturated carbocycles. The van der Waals surface area contributed by atoms with Gasteiger partial charge >= 0.3 is 0 Å². The molecule has 2 aliphatic heterocycles. The fourth-order valence-corrected chi connectivity index (χ4v) is 3.50. The summed E-state index contributed by atoms with van der Waals surface area (Å²) in [6, 6.07) is 5.14. The Kier molecular flexibility index (Phi) is 5.13. The molecule has 1 unspecified atom stereocenters. The highest BCUT2D eigenvalue weighted by molar-refractivity contribution is 6.32.